The molecule has 10 heteroatoms. The fourth-order valence-corrected chi connectivity index (χ4v) is 2.04. The largest absolute Gasteiger partial charge is 0.398 e. The predicted octanol–water partition coefficient (Wildman–Crippen LogP) is 3.06. The number of nitro benzene ring substituents is 1. The van der Waals surface area contributed by atoms with E-state index in [9.17, 15) is 19.7 Å². The number of carbonyl (C=O) groups is 2. The molecule has 124 valence electrons. The number of nitrogens with one attached hydrogen (secondary N) is 2. The van der Waals surface area contributed by atoms with Crippen molar-refractivity contribution < 1.29 is 14.5 Å². The molecule has 0 atom stereocenters. The molecule has 0 heterocycles. The summed E-state index contributed by atoms with van der Waals surface area (Å²) < 4.78 is 0. The van der Waals surface area contributed by atoms with Gasteiger partial charge in [0.1, 0.15) is 0 Å². The highest BCUT2D eigenvalue weighted by molar-refractivity contribution is 6.45. The lowest BCUT2D eigenvalue weighted by Gasteiger charge is -2.08. The number of rotatable bonds is 3. The number of anilines is 3. The average molecular weight is 369 g/mol. The van der Waals surface area contributed by atoms with E-state index in [1.165, 1.54) is 30.3 Å². The molecule has 0 saturated carbocycles. The van der Waals surface area contributed by atoms with Crippen LogP contribution in [0.3, 0.4) is 0 Å². The van der Waals surface area contributed by atoms with E-state index in [2.05, 4.69) is 10.6 Å². The molecule has 0 bridgehead atoms. The third-order valence-corrected chi connectivity index (χ3v) is 3.53. The molecule has 0 aliphatic rings. The van der Waals surface area contributed by atoms with Crippen LogP contribution < -0.4 is 16.4 Å². The van der Waals surface area contributed by atoms with Gasteiger partial charge >= 0.3 is 11.8 Å². The van der Waals surface area contributed by atoms with Crippen molar-refractivity contribution in [3.05, 3.63) is 56.6 Å². The molecule has 0 unspecified atom stereocenters. The fourth-order valence-electron chi connectivity index (χ4n) is 1.69. The van der Waals surface area contributed by atoms with Crippen LogP contribution in [0.5, 0.6) is 0 Å². The van der Waals surface area contributed by atoms with Crippen molar-refractivity contribution in [2.45, 2.75) is 0 Å². The highest BCUT2D eigenvalue weighted by Gasteiger charge is 2.18. The Hall–Kier alpha value is -2.84. The Bertz CT molecular complexity index is 842. The number of carbonyl (C=O) groups excluding carboxylic acids is 2. The molecule has 8 nitrogen and oxygen atoms in total. The number of amides is 2. The van der Waals surface area contributed by atoms with Gasteiger partial charge in [0.25, 0.3) is 5.69 Å². The van der Waals surface area contributed by atoms with Crippen LogP contribution in [0, 0.1) is 10.1 Å². The van der Waals surface area contributed by atoms with Gasteiger partial charge in [-0.2, -0.15) is 0 Å². The van der Waals surface area contributed by atoms with Crippen LogP contribution >= 0.6 is 23.2 Å². The zero-order valence-corrected chi connectivity index (χ0v) is 13.4. The van der Waals surface area contributed by atoms with E-state index >= 15 is 0 Å². The van der Waals surface area contributed by atoms with Gasteiger partial charge in [-0.05, 0) is 24.3 Å². The molecule has 2 rings (SSSR count). The van der Waals surface area contributed by atoms with Gasteiger partial charge in [0.05, 0.1) is 26.3 Å². The van der Waals surface area contributed by atoms with Gasteiger partial charge in [0, 0.05) is 17.8 Å². The van der Waals surface area contributed by atoms with Gasteiger partial charge < -0.3 is 16.4 Å². The molecular weight excluding hydrogens is 359 g/mol. The normalized spacial score (nSPS) is 10.1. The van der Waals surface area contributed by atoms with E-state index in [0.717, 1.165) is 6.07 Å². The summed E-state index contributed by atoms with van der Waals surface area (Å²) in [5.41, 5.74) is 5.80. The number of hydrogen-bond acceptors (Lipinski definition) is 5. The first-order valence-corrected chi connectivity index (χ1v) is 7.15. The minimum absolute atomic E-state index is 0.0530. The molecule has 0 radical (unpaired) electrons. The number of halogens is 2. The average Bonchev–Trinajstić information content (AvgIpc) is 2.52. The number of nitrogen functional groups attached to an aromatic ring is 1. The number of nitrogens with zero attached hydrogens (tertiary/aromatic N) is 1. The SMILES string of the molecule is Nc1ccc(NC(=O)C(=O)Nc2cc([N+](=O)[O-])ccc2Cl)cc1Cl. The summed E-state index contributed by atoms with van der Waals surface area (Å²) in [5.74, 6) is -2.05. The summed E-state index contributed by atoms with van der Waals surface area (Å²) in [7, 11) is 0. The van der Waals surface area contributed by atoms with Crippen molar-refractivity contribution in [3.8, 4) is 0 Å². The van der Waals surface area contributed by atoms with Crippen molar-refractivity contribution in [2.24, 2.45) is 0 Å². The highest BCUT2D eigenvalue weighted by atomic mass is 35.5. The van der Waals surface area contributed by atoms with Crippen LogP contribution in [0.1, 0.15) is 0 Å². The van der Waals surface area contributed by atoms with Crippen molar-refractivity contribution in [1.82, 2.24) is 0 Å². The molecule has 2 amide bonds. The minimum atomic E-state index is -1.05. The van der Waals surface area contributed by atoms with Crippen LogP contribution in [0.15, 0.2) is 36.4 Å². The second-order valence-electron chi connectivity index (χ2n) is 4.57. The summed E-state index contributed by atoms with van der Waals surface area (Å²) in [6.07, 6.45) is 0. The minimum Gasteiger partial charge on any atom is -0.398 e. The summed E-state index contributed by atoms with van der Waals surface area (Å²) in [5, 5.41) is 15.5. The molecule has 0 aromatic heterocycles. The number of hydrogen-bond donors (Lipinski definition) is 3. The van der Waals surface area contributed by atoms with E-state index in [0.29, 0.717) is 5.69 Å². The number of nitro groups is 1. The fraction of sp³-hybridized carbons (Fsp3) is 0. The Kier molecular flexibility index (Phi) is 5.22. The van der Waals surface area contributed by atoms with Crippen LogP contribution in [0.25, 0.3) is 0 Å². The van der Waals surface area contributed by atoms with Crippen molar-refractivity contribution >= 4 is 57.8 Å². The first-order valence-electron chi connectivity index (χ1n) is 6.39. The van der Waals surface area contributed by atoms with E-state index in [1.807, 2.05) is 0 Å². The van der Waals surface area contributed by atoms with Crippen LogP contribution in [-0.2, 0) is 9.59 Å². The Morgan fingerprint density at radius 2 is 1.67 bits per heavy atom. The van der Waals surface area contributed by atoms with Gasteiger partial charge in [0.2, 0.25) is 0 Å². The molecular formula is C14H10Cl2N4O4. The lowest BCUT2D eigenvalue weighted by molar-refractivity contribution is -0.384. The molecule has 2 aromatic rings. The monoisotopic (exact) mass is 368 g/mol. The standard InChI is InChI=1S/C14H10Cl2N4O4/c15-9-3-2-8(20(23)24)6-12(9)19-14(22)13(21)18-7-1-4-11(17)10(16)5-7/h1-6H,17H2,(H,18,21)(H,19,22). The number of nitrogens with two attached hydrogens (primary N) is 1. The molecule has 4 N–H and O–H groups in total. The van der Waals surface area contributed by atoms with Crippen molar-refractivity contribution in [1.29, 1.82) is 0 Å². The number of benzene rings is 2. The third-order valence-electron chi connectivity index (χ3n) is 2.87. The summed E-state index contributed by atoms with van der Waals surface area (Å²) in [4.78, 5) is 33.8. The van der Waals surface area contributed by atoms with Crippen LogP contribution in [-0.4, -0.2) is 16.7 Å². The molecule has 0 aliphatic carbocycles. The maximum Gasteiger partial charge on any atom is 0.314 e. The molecule has 0 spiro atoms. The second kappa shape index (κ2) is 7.16. The molecule has 24 heavy (non-hydrogen) atoms. The first-order chi connectivity index (χ1) is 11.3. The van der Waals surface area contributed by atoms with Crippen LogP contribution in [0.2, 0.25) is 10.0 Å². The molecule has 0 saturated heterocycles. The maximum absolute atomic E-state index is 11.9. The Morgan fingerprint density at radius 3 is 2.29 bits per heavy atom. The number of non-ortho nitro benzene ring substituents is 1. The van der Waals surface area contributed by atoms with E-state index in [-0.39, 0.29) is 27.1 Å². The third kappa shape index (κ3) is 4.12. The zero-order chi connectivity index (χ0) is 17.9. The highest BCUT2D eigenvalue weighted by Crippen LogP contribution is 2.27. The Balaban J connectivity index is 2.11. The molecule has 0 aliphatic heterocycles. The smallest absolute Gasteiger partial charge is 0.314 e. The lowest BCUT2D eigenvalue weighted by atomic mass is 10.2. The van der Waals surface area contributed by atoms with Crippen LogP contribution in [0.4, 0.5) is 22.7 Å². The van der Waals surface area contributed by atoms with Gasteiger partial charge in [-0.3, -0.25) is 19.7 Å². The predicted molar refractivity (Wildman–Crippen MR) is 91.2 cm³/mol. The van der Waals surface area contributed by atoms with E-state index in [4.69, 9.17) is 28.9 Å². The van der Waals surface area contributed by atoms with E-state index < -0.39 is 16.7 Å². The Labute approximate surface area is 145 Å². The summed E-state index contributed by atoms with van der Waals surface area (Å²) >= 11 is 11.7. The van der Waals surface area contributed by atoms with Gasteiger partial charge in [-0.1, -0.05) is 23.2 Å². The van der Waals surface area contributed by atoms with E-state index in [1.54, 1.807) is 0 Å². The first kappa shape index (κ1) is 17.5. The quantitative estimate of drug-likeness (QED) is 0.332. The van der Waals surface area contributed by atoms with Gasteiger partial charge in [0.15, 0.2) is 0 Å². The summed E-state index contributed by atoms with van der Waals surface area (Å²) in [6.45, 7) is 0. The lowest BCUT2D eigenvalue weighted by Crippen LogP contribution is -2.29. The van der Waals surface area contributed by atoms with Crippen molar-refractivity contribution in [3.63, 3.8) is 0 Å². The molecule has 0 fully saturated rings. The van der Waals surface area contributed by atoms with Gasteiger partial charge in [-0.25, -0.2) is 0 Å². The topological polar surface area (TPSA) is 127 Å². The Morgan fingerprint density at radius 1 is 1.00 bits per heavy atom. The van der Waals surface area contributed by atoms with Gasteiger partial charge in [-0.15, -0.1) is 0 Å². The second-order valence-corrected chi connectivity index (χ2v) is 5.38. The molecule has 2 aromatic carbocycles. The zero-order valence-electron chi connectivity index (χ0n) is 11.9. The van der Waals surface area contributed by atoms with Crippen molar-refractivity contribution in [2.75, 3.05) is 16.4 Å². The maximum atomic E-state index is 11.9. The summed E-state index contributed by atoms with van der Waals surface area (Å²) in [6, 6.07) is 7.78.